The molecule has 0 aliphatic carbocycles. The first-order chi connectivity index (χ1) is 14.2. The fourth-order valence-electron chi connectivity index (χ4n) is 2.17. The number of esters is 1. The van der Waals surface area contributed by atoms with Gasteiger partial charge in [0.15, 0.2) is 15.8 Å². The first-order valence-corrected chi connectivity index (χ1v) is 11.9. The van der Waals surface area contributed by atoms with Crippen LogP contribution in [0, 0.1) is 0 Å². The average Bonchev–Trinajstić information content (AvgIpc) is 3.15. The number of benzene rings is 1. The molecule has 30 heavy (non-hydrogen) atoms. The largest absolute Gasteiger partial charge is 0.493 e. The molecule has 1 aromatic heterocycles. The van der Waals surface area contributed by atoms with Gasteiger partial charge in [-0.05, 0) is 12.1 Å². The van der Waals surface area contributed by atoms with Crippen molar-refractivity contribution in [1.29, 1.82) is 0 Å². The van der Waals surface area contributed by atoms with Gasteiger partial charge in [-0.25, -0.2) is 8.42 Å². The number of anilines is 2. The Balaban J connectivity index is 2.12. The smallest absolute Gasteiger partial charge is 0.316 e. The van der Waals surface area contributed by atoms with Crippen LogP contribution in [0.2, 0.25) is 0 Å². The standard InChI is InChI=1S/C16H20N4O7S3/c1-25-11-6-5-10(7-12(11)26-2)20(30(4,23)24)8-13(21)17-15-18-19-16(29-15)28-9-14(22)27-3/h5-7H,8-9H2,1-4H3,(H,17,18,21). The lowest BCUT2D eigenvalue weighted by Gasteiger charge is -2.22. The van der Waals surface area contributed by atoms with Gasteiger partial charge >= 0.3 is 5.97 Å². The van der Waals surface area contributed by atoms with E-state index in [1.54, 1.807) is 6.07 Å². The van der Waals surface area contributed by atoms with Crippen LogP contribution in [-0.2, 0) is 24.3 Å². The second-order valence-electron chi connectivity index (χ2n) is 5.60. The van der Waals surface area contributed by atoms with Crippen molar-refractivity contribution in [2.24, 2.45) is 0 Å². The van der Waals surface area contributed by atoms with E-state index in [9.17, 15) is 18.0 Å². The lowest BCUT2D eigenvalue weighted by molar-refractivity contribution is -0.137. The Labute approximate surface area is 181 Å². The van der Waals surface area contributed by atoms with E-state index in [-0.39, 0.29) is 16.6 Å². The van der Waals surface area contributed by atoms with Crippen LogP contribution < -0.4 is 19.1 Å². The number of carbonyl (C=O) groups excluding carboxylic acids is 2. The molecular weight excluding hydrogens is 456 g/mol. The predicted octanol–water partition coefficient (Wildman–Crippen LogP) is 1.23. The van der Waals surface area contributed by atoms with Gasteiger partial charge in [-0.2, -0.15) is 0 Å². The van der Waals surface area contributed by atoms with E-state index in [1.165, 1.54) is 33.5 Å². The lowest BCUT2D eigenvalue weighted by Crippen LogP contribution is -2.37. The molecule has 0 atom stereocenters. The summed E-state index contributed by atoms with van der Waals surface area (Å²) in [5.74, 6) is -0.235. The first kappa shape index (κ1) is 23.7. The maximum atomic E-state index is 12.4. The molecule has 0 radical (unpaired) electrons. The summed E-state index contributed by atoms with van der Waals surface area (Å²) in [6.45, 7) is -0.488. The second-order valence-corrected chi connectivity index (χ2v) is 9.70. The van der Waals surface area contributed by atoms with E-state index in [0.29, 0.717) is 15.8 Å². The van der Waals surface area contributed by atoms with Crippen molar-refractivity contribution in [3.63, 3.8) is 0 Å². The molecule has 0 fully saturated rings. The highest BCUT2D eigenvalue weighted by Gasteiger charge is 2.23. The van der Waals surface area contributed by atoms with Crippen molar-refractivity contribution < 1.29 is 32.2 Å². The van der Waals surface area contributed by atoms with E-state index in [4.69, 9.17) is 9.47 Å². The molecule has 0 bridgehead atoms. The quantitative estimate of drug-likeness (QED) is 0.303. The maximum absolute atomic E-state index is 12.4. The third-order valence-corrected chi connectivity index (χ3v) is 6.62. The molecule has 0 saturated carbocycles. The summed E-state index contributed by atoms with van der Waals surface area (Å²) in [4.78, 5) is 23.6. The van der Waals surface area contributed by atoms with E-state index in [0.717, 1.165) is 33.7 Å². The number of ether oxygens (including phenoxy) is 3. The summed E-state index contributed by atoms with van der Waals surface area (Å²) in [6.07, 6.45) is 0.990. The number of sulfonamides is 1. The number of aromatic nitrogens is 2. The van der Waals surface area contributed by atoms with Gasteiger partial charge in [0, 0.05) is 6.07 Å². The summed E-state index contributed by atoms with van der Waals surface area (Å²) in [5.41, 5.74) is 0.233. The maximum Gasteiger partial charge on any atom is 0.316 e. The number of hydrogen-bond donors (Lipinski definition) is 1. The number of thioether (sulfide) groups is 1. The molecule has 1 aromatic carbocycles. The zero-order chi connectivity index (χ0) is 22.3. The third kappa shape index (κ3) is 6.47. The SMILES string of the molecule is COC(=O)CSc1nnc(NC(=O)CN(c2ccc(OC)c(OC)c2)S(C)(=O)=O)s1. The van der Waals surface area contributed by atoms with Gasteiger partial charge in [-0.3, -0.25) is 19.2 Å². The molecule has 0 aliphatic heterocycles. The molecule has 2 aromatic rings. The minimum absolute atomic E-state index is 0.0558. The lowest BCUT2D eigenvalue weighted by atomic mass is 10.2. The number of methoxy groups -OCH3 is 3. The van der Waals surface area contributed by atoms with Crippen LogP contribution in [0.3, 0.4) is 0 Å². The van der Waals surface area contributed by atoms with Gasteiger partial charge < -0.3 is 14.2 Å². The summed E-state index contributed by atoms with van der Waals surface area (Å²) >= 11 is 2.16. The summed E-state index contributed by atoms with van der Waals surface area (Å²) in [5, 5.41) is 10.3. The van der Waals surface area contributed by atoms with Gasteiger partial charge in [0.25, 0.3) is 0 Å². The van der Waals surface area contributed by atoms with Gasteiger partial charge in [0.05, 0.1) is 39.0 Å². The summed E-state index contributed by atoms with van der Waals surface area (Å²) in [7, 11) is 0.379. The van der Waals surface area contributed by atoms with E-state index in [2.05, 4.69) is 20.3 Å². The molecule has 0 aliphatic rings. The van der Waals surface area contributed by atoms with Gasteiger partial charge in [0.1, 0.15) is 6.54 Å². The van der Waals surface area contributed by atoms with E-state index in [1.807, 2.05) is 0 Å². The number of hydrogen-bond acceptors (Lipinski definition) is 11. The number of nitrogens with one attached hydrogen (secondary N) is 1. The Kier molecular flexibility index (Phi) is 8.25. The monoisotopic (exact) mass is 476 g/mol. The molecule has 1 heterocycles. The minimum Gasteiger partial charge on any atom is -0.493 e. The zero-order valence-electron chi connectivity index (χ0n) is 16.6. The van der Waals surface area contributed by atoms with Crippen molar-refractivity contribution in [2.45, 2.75) is 4.34 Å². The fourth-order valence-corrected chi connectivity index (χ4v) is 4.62. The first-order valence-electron chi connectivity index (χ1n) is 8.20. The highest BCUT2D eigenvalue weighted by atomic mass is 32.2. The third-order valence-electron chi connectivity index (χ3n) is 3.54. The Morgan fingerprint density at radius 2 is 1.87 bits per heavy atom. The van der Waals surface area contributed by atoms with Crippen molar-refractivity contribution in [3.8, 4) is 11.5 Å². The molecule has 0 unspecified atom stereocenters. The van der Waals surface area contributed by atoms with Crippen molar-refractivity contribution in [2.75, 3.05) is 49.5 Å². The Morgan fingerprint density at radius 3 is 2.47 bits per heavy atom. The van der Waals surface area contributed by atoms with Crippen molar-refractivity contribution >= 4 is 55.8 Å². The number of carbonyl (C=O) groups is 2. The highest BCUT2D eigenvalue weighted by Crippen LogP contribution is 2.32. The predicted molar refractivity (Wildman–Crippen MR) is 113 cm³/mol. The van der Waals surface area contributed by atoms with E-state index >= 15 is 0 Å². The number of nitrogens with zero attached hydrogens (tertiary/aromatic N) is 3. The van der Waals surface area contributed by atoms with Crippen LogP contribution in [0.5, 0.6) is 11.5 Å². The molecule has 1 N–H and O–H groups in total. The van der Waals surface area contributed by atoms with Gasteiger partial charge in [-0.1, -0.05) is 23.1 Å². The number of rotatable bonds is 10. The normalized spacial score (nSPS) is 10.9. The van der Waals surface area contributed by atoms with Gasteiger partial charge in [-0.15, -0.1) is 10.2 Å². The summed E-state index contributed by atoms with van der Waals surface area (Å²) in [6, 6.07) is 4.50. The van der Waals surface area contributed by atoms with Crippen molar-refractivity contribution in [1.82, 2.24) is 10.2 Å². The Bertz CT molecular complexity index is 1010. The molecule has 164 valence electrons. The number of amides is 1. The molecule has 1 amide bonds. The second kappa shape index (κ2) is 10.4. The topological polar surface area (TPSA) is 137 Å². The van der Waals surface area contributed by atoms with Crippen LogP contribution in [-0.4, -0.2) is 70.4 Å². The molecule has 11 nitrogen and oxygen atoms in total. The fraction of sp³-hybridized carbons (Fsp3) is 0.375. The molecule has 14 heteroatoms. The molecule has 0 spiro atoms. The molecule has 2 rings (SSSR count). The average molecular weight is 477 g/mol. The van der Waals surface area contributed by atoms with Crippen LogP contribution in [0.15, 0.2) is 22.5 Å². The van der Waals surface area contributed by atoms with Crippen LogP contribution in [0.1, 0.15) is 0 Å². The van der Waals surface area contributed by atoms with Crippen LogP contribution >= 0.6 is 23.1 Å². The zero-order valence-corrected chi connectivity index (χ0v) is 19.0. The molecule has 0 saturated heterocycles. The van der Waals surface area contributed by atoms with E-state index < -0.39 is 28.4 Å². The van der Waals surface area contributed by atoms with Gasteiger partial charge in [0.2, 0.25) is 21.1 Å². The van der Waals surface area contributed by atoms with Crippen LogP contribution in [0.25, 0.3) is 0 Å². The molecular formula is C16H20N4O7S3. The Hall–Kier alpha value is -2.58. The van der Waals surface area contributed by atoms with Crippen LogP contribution in [0.4, 0.5) is 10.8 Å². The van der Waals surface area contributed by atoms with Crippen molar-refractivity contribution in [3.05, 3.63) is 18.2 Å². The minimum atomic E-state index is -3.78. The summed E-state index contributed by atoms with van der Waals surface area (Å²) < 4.78 is 40.8. The highest BCUT2D eigenvalue weighted by molar-refractivity contribution is 8.01. The Morgan fingerprint density at radius 1 is 1.17 bits per heavy atom.